The van der Waals surface area contributed by atoms with Crippen LogP contribution in [0.4, 0.5) is 0 Å². The van der Waals surface area contributed by atoms with Gasteiger partial charge in [0.15, 0.2) is 0 Å². The van der Waals surface area contributed by atoms with Gasteiger partial charge in [-0.15, -0.1) is 0 Å². The maximum Gasteiger partial charge on any atom is 0.242 e. The van der Waals surface area contributed by atoms with Crippen LogP contribution in [-0.2, 0) is 22.6 Å². The molecule has 144 valence electrons. The minimum Gasteiger partial charge on any atom is -0.354 e. The van der Waals surface area contributed by atoms with Crippen LogP contribution in [0.25, 0.3) is 0 Å². The first-order valence-corrected chi connectivity index (χ1v) is 9.53. The Kier molecular flexibility index (Phi) is 7.59. The topological polar surface area (TPSA) is 49.4 Å². The molecule has 0 spiro atoms. The Morgan fingerprint density at radius 3 is 2.15 bits per heavy atom. The summed E-state index contributed by atoms with van der Waals surface area (Å²) in [6.45, 7) is 8.96. The molecule has 0 saturated heterocycles. The van der Waals surface area contributed by atoms with Crippen LogP contribution in [0.15, 0.2) is 54.6 Å². The van der Waals surface area contributed by atoms with Crippen LogP contribution in [0.5, 0.6) is 0 Å². The number of hydrogen-bond acceptors (Lipinski definition) is 2. The molecule has 4 heteroatoms. The van der Waals surface area contributed by atoms with E-state index in [2.05, 4.69) is 19.2 Å². The summed E-state index contributed by atoms with van der Waals surface area (Å²) in [5.74, 6) is 0.206. The Morgan fingerprint density at radius 2 is 1.56 bits per heavy atom. The van der Waals surface area contributed by atoms with Crippen molar-refractivity contribution in [3.05, 3.63) is 71.3 Å². The number of rotatable bonds is 8. The molecular weight excluding hydrogens is 336 g/mol. The van der Waals surface area contributed by atoms with Gasteiger partial charge >= 0.3 is 0 Å². The molecule has 0 bridgehead atoms. The highest BCUT2D eigenvalue weighted by Crippen LogP contribution is 2.13. The van der Waals surface area contributed by atoms with Gasteiger partial charge < -0.3 is 10.2 Å². The standard InChI is InChI=1S/C23H30N2O2/c1-17(2)15-24-23(27)19(4)25(16-21-12-10-18(3)11-13-21)22(26)14-20-8-6-5-7-9-20/h5-13,17,19H,14-16H2,1-4H3,(H,24,27)/t19-/m1/s1. The van der Waals surface area contributed by atoms with Crippen molar-refractivity contribution in [2.75, 3.05) is 6.54 Å². The number of hydrogen-bond donors (Lipinski definition) is 1. The predicted molar refractivity (Wildman–Crippen MR) is 109 cm³/mol. The van der Waals surface area contributed by atoms with Crippen molar-refractivity contribution in [1.29, 1.82) is 0 Å². The van der Waals surface area contributed by atoms with E-state index in [4.69, 9.17) is 0 Å². The Labute approximate surface area is 162 Å². The second-order valence-corrected chi connectivity index (χ2v) is 7.48. The van der Waals surface area contributed by atoms with Gasteiger partial charge in [-0.05, 0) is 30.9 Å². The van der Waals surface area contributed by atoms with E-state index in [0.29, 0.717) is 19.0 Å². The van der Waals surface area contributed by atoms with E-state index < -0.39 is 6.04 Å². The molecule has 1 atom stereocenters. The zero-order valence-corrected chi connectivity index (χ0v) is 16.7. The Bertz CT molecular complexity index is 739. The fraction of sp³-hybridized carbons (Fsp3) is 0.391. The lowest BCUT2D eigenvalue weighted by Gasteiger charge is -2.29. The molecule has 2 rings (SSSR count). The first kappa shape index (κ1) is 20.7. The molecule has 0 saturated carbocycles. The van der Waals surface area contributed by atoms with E-state index in [0.717, 1.165) is 11.1 Å². The summed E-state index contributed by atoms with van der Waals surface area (Å²) in [7, 11) is 0. The summed E-state index contributed by atoms with van der Waals surface area (Å²) < 4.78 is 0. The van der Waals surface area contributed by atoms with E-state index in [1.54, 1.807) is 11.8 Å². The molecule has 1 N–H and O–H groups in total. The van der Waals surface area contributed by atoms with E-state index in [1.807, 2.05) is 61.5 Å². The molecule has 4 nitrogen and oxygen atoms in total. The monoisotopic (exact) mass is 366 g/mol. The summed E-state index contributed by atoms with van der Waals surface area (Å²) in [6.07, 6.45) is 0.286. The number of amides is 2. The lowest BCUT2D eigenvalue weighted by molar-refractivity contribution is -0.140. The van der Waals surface area contributed by atoms with Crippen LogP contribution in [0.2, 0.25) is 0 Å². The van der Waals surface area contributed by atoms with Crippen molar-refractivity contribution in [3.8, 4) is 0 Å². The van der Waals surface area contributed by atoms with Gasteiger partial charge in [-0.25, -0.2) is 0 Å². The average Bonchev–Trinajstić information content (AvgIpc) is 2.65. The van der Waals surface area contributed by atoms with E-state index in [-0.39, 0.29) is 18.2 Å². The van der Waals surface area contributed by atoms with Crippen LogP contribution >= 0.6 is 0 Å². The van der Waals surface area contributed by atoms with Crippen molar-refractivity contribution in [2.24, 2.45) is 5.92 Å². The number of nitrogens with zero attached hydrogens (tertiary/aromatic N) is 1. The predicted octanol–water partition coefficient (Wildman–Crippen LogP) is 3.73. The maximum atomic E-state index is 13.0. The first-order chi connectivity index (χ1) is 12.9. The van der Waals surface area contributed by atoms with Gasteiger partial charge in [0.1, 0.15) is 6.04 Å². The van der Waals surface area contributed by atoms with Gasteiger partial charge in [-0.1, -0.05) is 74.0 Å². The van der Waals surface area contributed by atoms with Crippen LogP contribution in [-0.4, -0.2) is 29.3 Å². The number of carbonyl (C=O) groups is 2. The highest BCUT2D eigenvalue weighted by molar-refractivity contribution is 5.88. The van der Waals surface area contributed by atoms with Crippen LogP contribution in [0.1, 0.15) is 37.5 Å². The van der Waals surface area contributed by atoms with E-state index >= 15 is 0 Å². The first-order valence-electron chi connectivity index (χ1n) is 9.53. The molecule has 0 aliphatic rings. The second-order valence-electron chi connectivity index (χ2n) is 7.48. The van der Waals surface area contributed by atoms with Crippen molar-refractivity contribution in [3.63, 3.8) is 0 Å². The fourth-order valence-electron chi connectivity index (χ4n) is 2.80. The number of benzene rings is 2. The molecule has 0 aromatic heterocycles. The largest absolute Gasteiger partial charge is 0.354 e. The number of aryl methyl sites for hydroxylation is 1. The minimum absolute atomic E-state index is 0.0472. The molecule has 0 aliphatic heterocycles. The summed E-state index contributed by atoms with van der Waals surface area (Å²) in [5.41, 5.74) is 3.14. The summed E-state index contributed by atoms with van der Waals surface area (Å²) in [4.78, 5) is 27.3. The highest BCUT2D eigenvalue weighted by atomic mass is 16.2. The van der Waals surface area contributed by atoms with Gasteiger partial charge in [0, 0.05) is 13.1 Å². The van der Waals surface area contributed by atoms with E-state index in [9.17, 15) is 9.59 Å². The molecule has 2 aromatic carbocycles. The maximum absolute atomic E-state index is 13.0. The molecule has 0 radical (unpaired) electrons. The van der Waals surface area contributed by atoms with Crippen molar-refractivity contribution >= 4 is 11.8 Å². The van der Waals surface area contributed by atoms with Gasteiger partial charge in [0.25, 0.3) is 0 Å². The fourth-order valence-corrected chi connectivity index (χ4v) is 2.80. The van der Waals surface area contributed by atoms with Crippen molar-refractivity contribution in [2.45, 2.75) is 46.7 Å². The summed E-state index contributed by atoms with van der Waals surface area (Å²) in [5, 5.41) is 2.94. The SMILES string of the molecule is Cc1ccc(CN(C(=O)Cc2ccccc2)[C@H](C)C(=O)NCC(C)C)cc1. The van der Waals surface area contributed by atoms with Crippen molar-refractivity contribution < 1.29 is 9.59 Å². The molecule has 0 unspecified atom stereocenters. The summed E-state index contributed by atoms with van der Waals surface area (Å²) >= 11 is 0. The van der Waals surface area contributed by atoms with Gasteiger partial charge in [-0.3, -0.25) is 9.59 Å². The molecule has 0 fully saturated rings. The Balaban J connectivity index is 2.17. The summed E-state index contributed by atoms with van der Waals surface area (Å²) in [6, 6.07) is 17.2. The highest BCUT2D eigenvalue weighted by Gasteiger charge is 2.26. The molecule has 0 heterocycles. The molecule has 2 aromatic rings. The molecule has 0 aliphatic carbocycles. The normalized spacial score (nSPS) is 11.9. The minimum atomic E-state index is -0.527. The second kappa shape index (κ2) is 9.91. The third-order valence-corrected chi connectivity index (χ3v) is 4.52. The number of nitrogens with one attached hydrogen (secondary N) is 1. The quantitative estimate of drug-likeness (QED) is 0.774. The zero-order valence-electron chi connectivity index (χ0n) is 16.7. The third kappa shape index (κ3) is 6.55. The smallest absolute Gasteiger partial charge is 0.242 e. The molecule has 27 heavy (non-hydrogen) atoms. The van der Waals surface area contributed by atoms with E-state index in [1.165, 1.54) is 5.56 Å². The Morgan fingerprint density at radius 1 is 0.926 bits per heavy atom. The van der Waals surface area contributed by atoms with Gasteiger partial charge in [0.05, 0.1) is 6.42 Å². The van der Waals surface area contributed by atoms with Crippen LogP contribution < -0.4 is 5.32 Å². The lowest BCUT2D eigenvalue weighted by atomic mass is 10.1. The van der Waals surface area contributed by atoms with Gasteiger partial charge in [-0.2, -0.15) is 0 Å². The van der Waals surface area contributed by atoms with Crippen LogP contribution in [0, 0.1) is 12.8 Å². The lowest BCUT2D eigenvalue weighted by Crippen LogP contribution is -2.48. The average molecular weight is 367 g/mol. The van der Waals surface area contributed by atoms with Crippen molar-refractivity contribution in [1.82, 2.24) is 10.2 Å². The Hall–Kier alpha value is -2.62. The third-order valence-electron chi connectivity index (χ3n) is 4.52. The molecular formula is C23H30N2O2. The zero-order chi connectivity index (χ0) is 19.8. The number of carbonyl (C=O) groups excluding carboxylic acids is 2. The van der Waals surface area contributed by atoms with Crippen LogP contribution in [0.3, 0.4) is 0 Å². The van der Waals surface area contributed by atoms with Gasteiger partial charge in [0.2, 0.25) is 11.8 Å². The molecule has 2 amide bonds.